The van der Waals surface area contributed by atoms with Gasteiger partial charge in [-0.2, -0.15) is 0 Å². The lowest BCUT2D eigenvalue weighted by Crippen LogP contribution is -2.43. The second-order valence-electron chi connectivity index (χ2n) is 3.58. The molecule has 1 amide bonds. The zero-order valence-electron chi connectivity index (χ0n) is 11.5. The van der Waals surface area contributed by atoms with Gasteiger partial charge in [-0.05, 0) is 26.8 Å². The maximum Gasteiger partial charge on any atom is 0.349 e. The fourth-order valence-corrected chi connectivity index (χ4v) is 2.56. The second kappa shape index (κ2) is 10.3. The number of carbonyl (C=O) groups is 1. The Hall–Kier alpha value is -0.500. The van der Waals surface area contributed by atoms with Crippen molar-refractivity contribution in [2.45, 2.75) is 26.5 Å². The van der Waals surface area contributed by atoms with Crippen molar-refractivity contribution in [2.75, 3.05) is 32.7 Å². The van der Waals surface area contributed by atoms with E-state index in [4.69, 9.17) is 25.3 Å². The van der Waals surface area contributed by atoms with Crippen LogP contribution in [0.4, 0.5) is 0 Å². The van der Waals surface area contributed by atoms with E-state index >= 15 is 0 Å². The number of hydrogen-bond acceptors (Lipinski definition) is 7. The molecule has 0 saturated heterocycles. The Kier molecular flexibility index (Phi) is 10.0. The Morgan fingerprint density at radius 1 is 1.32 bits per heavy atom. The van der Waals surface area contributed by atoms with Crippen LogP contribution in [0.2, 0.25) is 0 Å². The monoisotopic (exact) mass is 297 g/mol. The number of amides is 1. The molecule has 0 aliphatic rings. The smallest absolute Gasteiger partial charge is 0.349 e. The number of hydrogen-bond donors (Lipinski definition) is 3. The first-order chi connectivity index (χ1) is 8.99. The van der Waals surface area contributed by atoms with E-state index in [0.29, 0.717) is 19.6 Å². The van der Waals surface area contributed by atoms with E-state index in [9.17, 15) is 9.36 Å². The summed E-state index contributed by atoms with van der Waals surface area (Å²) in [6, 6.07) is 0. The molecular weight excluding hydrogens is 273 g/mol. The van der Waals surface area contributed by atoms with Crippen molar-refractivity contribution in [3.63, 3.8) is 0 Å². The molecule has 8 nitrogen and oxygen atoms in total. The highest BCUT2D eigenvalue weighted by atomic mass is 31.2. The van der Waals surface area contributed by atoms with Crippen LogP contribution in [0.3, 0.4) is 0 Å². The van der Waals surface area contributed by atoms with Crippen LogP contribution >= 0.6 is 7.60 Å². The number of carbonyl (C=O) groups excluding carboxylic acids is 1. The normalized spacial score (nSPS) is 13.3. The van der Waals surface area contributed by atoms with Crippen LogP contribution in [0.25, 0.3) is 0 Å². The Balaban J connectivity index is 4.13. The molecule has 0 aliphatic heterocycles. The van der Waals surface area contributed by atoms with Crippen molar-refractivity contribution in [3.8, 4) is 0 Å². The van der Waals surface area contributed by atoms with Crippen molar-refractivity contribution >= 4 is 13.5 Å². The quantitative estimate of drug-likeness (QED) is 0.278. The molecule has 0 heterocycles. The van der Waals surface area contributed by atoms with Crippen LogP contribution in [0.5, 0.6) is 0 Å². The van der Waals surface area contributed by atoms with Gasteiger partial charge in [-0.3, -0.25) is 15.1 Å². The zero-order valence-corrected chi connectivity index (χ0v) is 12.4. The lowest BCUT2D eigenvalue weighted by Gasteiger charge is -2.19. The van der Waals surface area contributed by atoms with E-state index in [2.05, 4.69) is 5.32 Å². The topological polar surface area (TPSA) is 126 Å². The SMILES string of the molecule is CCOP(=O)(CNC(=O)[C@@H](N)OCCCN)OCC. The predicted molar refractivity (Wildman–Crippen MR) is 71.5 cm³/mol. The molecule has 0 aromatic rings. The molecule has 0 aliphatic carbocycles. The van der Waals surface area contributed by atoms with Gasteiger partial charge in [-0.25, -0.2) is 0 Å². The van der Waals surface area contributed by atoms with Crippen molar-refractivity contribution in [3.05, 3.63) is 0 Å². The minimum Gasteiger partial charge on any atom is -0.354 e. The molecular formula is C10H24N3O5P. The number of nitrogens with one attached hydrogen (secondary N) is 1. The van der Waals surface area contributed by atoms with Gasteiger partial charge in [0.05, 0.1) is 19.8 Å². The molecule has 19 heavy (non-hydrogen) atoms. The van der Waals surface area contributed by atoms with E-state index in [0.717, 1.165) is 0 Å². The molecule has 0 aromatic carbocycles. The van der Waals surface area contributed by atoms with Crippen LogP contribution in [-0.4, -0.2) is 44.8 Å². The van der Waals surface area contributed by atoms with E-state index < -0.39 is 19.7 Å². The van der Waals surface area contributed by atoms with Gasteiger partial charge >= 0.3 is 7.60 Å². The molecule has 0 fully saturated rings. The minimum atomic E-state index is -3.31. The molecule has 0 radical (unpaired) electrons. The summed E-state index contributed by atoms with van der Waals surface area (Å²) in [7, 11) is -3.31. The molecule has 0 rings (SSSR count). The van der Waals surface area contributed by atoms with Crippen molar-refractivity contribution in [1.82, 2.24) is 5.32 Å². The standard InChI is InChI=1S/C10H24N3O5P/c1-3-17-19(15,18-4-2)8-13-10(14)9(12)16-7-5-6-11/h9H,3-8,11-12H2,1-2H3,(H,13,14)/t9-/m0/s1. The number of rotatable bonds is 11. The second-order valence-corrected chi connectivity index (χ2v) is 5.63. The van der Waals surface area contributed by atoms with Gasteiger partial charge in [-0.1, -0.05) is 0 Å². The third kappa shape index (κ3) is 8.30. The first-order valence-electron chi connectivity index (χ1n) is 6.22. The Labute approximate surface area is 113 Å². The molecule has 0 saturated carbocycles. The first-order valence-corrected chi connectivity index (χ1v) is 7.95. The average Bonchev–Trinajstić information content (AvgIpc) is 2.37. The predicted octanol–water partition coefficient (Wildman–Crippen LogP) is -0.0236. The molecule has 0 spiro atoms. The van der Waals surface area contributed by atoms with Crippen LogP contribution in [-0.2, 0) is 23.1 Å². The summed E-state index contributed by atoms with van der Waals surface area (Å²) in [6.45, 7) is 4.58. The van der Waals surface area contributed by atoms with Crippen molar-refractivity contribution < 1.29 is 23.1 Å². The number of ether oxygens (including phenoxy) is 1. The molecule has 114 valence electrons. The van der Waals surface area contributed by atoms with Gasteiger partial charge in [0.15, 0.2) is 6.23 Å². The van der Waals surface area contributed by atoms with Gasteiger partial charge in [0.2, 0.25) is 0 Å². The average molecular weight is 297 g/mol. The highest BCUT2D eigenvalue weighted by Crippen LogP contribution is 2.46. The molecule has 0 unspecified atom stereocenters. The summed E-state index contributed by atoms with van der Waals surface area (Å²) in [5, 5.41) is 2.39. The molecule has 0 bridgehead atoms. The van der Waals surface area contributed by atoms with E-state index in [1.807, 2.05) is 0 Å². The third-order valence-corrected chi connectivity index (χ3v) is 3.85. The Morgan fingerprint density at radius 2 is 1.89 bits per heavy atom. The van der Waals surface area contributed by atoms with Gasteiger partial charge in [0, 0.05) is 0 Å². The lowest BCUT2D eigenvalue weighted by atomic mass is 10.4. The number of nitrogens with two attached hydrogens (primary N) is 2. The minimum absolute atomic E-state index is 0.228. The van der Waals surface area contributed by atoms with Gasteiger partial charge in [0.1, 0.15) is 6.29 Å². The molecule has 9 heteroatoms. The Bertz CT molecular complexity index is 293. The van der Waals surface area contributed by atoms with E-state index in [-0.39, 0.29) is 19.5 Å². The maximum atomic E-state index is 12.0. The summed E-state index contributed by atoms with van der Waals surface area (Å²) in [4.78, 5) is 11.6. The van der Waals surface area contributed by atoms with E-state index in [1.165, 1.54) is 0 Å². The summed E-state index contributed by atoms with van der Waals surface area (Å²) in [5.74, 6) is -0.573. The van der Waals surface area contributed by atoms with Gasteiger partial charge in [0.25, 0.3) is 5.91 Å². The van der Waals surface area contributed by atoms with Crippen LogP contribution < -0.4 is 16.8 Å². The largest absolute Gasteiger partial charge is 0.354 e. The fourth-order valence-electron chi connectivity index (χ4n) is 1.17. The lowest BCUT2D eigenvalue weighted by molar-refractivity contribution is -0.132. The van der Waals surface area contributed by atoms with Crippen molar-refractivity contribution in [2.24, 2.45) is 11.5 Å². The summed E-state index contributed by atoms with van der Waals surface area (Å²) in [5.41, 5.74) is 10.8. The van der Waals surface area contributed by atoms with Gasteiger partial charge in [-0.15, -0.1) is 0 Å². The van der Waals surface area contributed by atoms with E-state index in [1.54, 1.807) is 13.8 Å². The van der Waals surface area contributed by atoms with Crippen LogP contribution in [0, 0.1) is 0 Å². The third-order valence-electron chi connectivity index (χ3n) is 2.00. The Morgan fingerprint density at radius 3 is 2.37 bits per heavy atom. The summed E-state index contributed by atoms with van der Waals surface area (Å²) < 4.78 is 27.1. The zero-order chi connectivity index (χ0) is 14.7. The van der Waals surface area contributed by atoms with Crippen LogP contribution in [0.1, 0.15) is 20.3 Å². The molecule has 5 N–H and O–H groups in total. The van der Waals surface area contributed by atoms with Crippen molar-refractivity contribution in [1.29, 1.82) is 0 Å². The fraction of sp³-hybridized carbons (Fsp3) is 0.900. The van der Waals surface area contributed by atoms with Crippen LogP contribution in [0.15, 0.2) is 0 Å². The highest BCUT2D eigenvalue weighted by Gasteiger charge is 2.25. The maximum absolute atomic E-state index is 12.0. The molecule has 0 aromatic heterocycles. The summed E-state index contributed by atoms with van der Waals surface area (Å²) >= 11 is 0. The highest BCUT2D eigenvalue weighted by molar-refractivity contribution is 7.53. The first kappa shape index (κ1) is 18.5. The summed E-state index contributed by atoms with van der Waals surface area (Å²) in [6.07, 6.45) is -0.748. The molecule has 1 atom stereocenters. The van der Waals surface area contributed by atoms with Gasteiger partial charge < -0.3 is 24.8 Å².